The first kappa shape index (κ1) is 23.4. The second kappa shape index (κ2) is 9.78. The van der Waals surface area contributed by atoms with E-state index < -0.39 is 17.2 Å². The Morgan fingerprint density at radius 2 is 1.92 bits per heavy atom. The van der Waals surface area contributed by atoms with Gasteiger partial charge in [0.05, 0.1) is 12.1 Å². The van der Waals surface area contributed by atoms with Crippen LogP contribution >= 0.6 is 24.0 Å². The smallest absolute Gasteiger partial charge is 0.408 e. The molecular formula is C15H30IN7O2. The number of carbonyl (C=O) groups excluding carboxylic acids is 1. The SMILES string of the molecule is CN=C(NCc1ncnn1C)NCC(C)(C)NC(=O)OC(C)(C)C.I. The highest BCUT2D eigenvalue weighted by Gasteiger charge is 2.24. The molecule has 1 amide bonds. The number of ether oxygens (including phenoxy) is 1. The summed E-state index contributed by atoms with van der Waals surface area (Å²) in [7, 11) is 3.51. The van der Waals surface area contributed by atoms with E-state index in [-0.39, 0.29) is 24.0 Å². The summed E-state index contributed by atoms with van der Waals surface area (Å²) in [6.45, 7) is 10.3. The lowest BCUT2D eigenvalue weighted by atomic mass is 10.1. The lowest BCUT2D eigenvalue weighted by Gasteiger charge is -2.29. The predicted molar refractivity (Wildman–Crippen MR) is 108 cm³/mol. The molecule has 0 aromatic carbocycles. The zero-order valence-corrected chi connectivity index (χ0v) is 18.3. The Morgan fingerprint density at radius 3 is 2.40 bits per heavy atom. The van der Waals surface area contributed by atoms with Crippen LogP contribution in [0.15, 0.2) is 11.3 Å². The van der Waals surface area contributed by atoms with Crippen molar-refractivity contribution in [2.45, 2.75) is 52.3 Å². The van der Waals surface area contributed by atoms with Crippen LogP contribution < -0.4 is 16.0 Å². The van der Waals surface area contributed by atoms with E-state index in [2.05, 4.69) is 31.0 Å². The molecule has 0 saturated heterocycles. The Labute approximate surface area is 166 Å². The number of amides is 1. The molecule has 0 bridgehead atoms. The van der Waals surface area contributed by atoms with Gasteiger partial charge in [0.2, 0.25) is 0 Å². The van der Waals surface area contributed by atoms with Crippen molar-refractivity contribution in [2.75, 3.05) is 13.6 Å². The van der Waals surface area contributed by atoms with Crippen LogP contribution in [0.5, 0.6) is 0 Å². The van der Waals surface area contributed by atoms with E-state index in [1.807, 2.05) is 41.7 Å². The van der Waals surface area contributed by atoms with Gasteiger partial charge in [0.25, 0.3) is 0 Å². The fraction of sp³-hybridized carbons (Fsp3) is 0.733. The molecule has 0 saturated carbocycles. The van der Waals surface area contributed by atoms with Crippen LogP contribution in [0.2, 0.25) is 0 Å². The summed E-state index contributed by atoms with van der Waals surface area (Å²) in [5.74, 6) is 1.40. The third-order valence-corrected chi connectivity index (χ3v) is 2.98. The highest BCUT2D eigenvalue weighted by molar-refractivity contribution is 14.0. The number of alkyl carbamates (subject to hydrolysis) is 1. The summed E-state index contributed by atoms with van der Waals surface area (Å²) in [5.41, 5.74) is -1.04. The molecule has 0 fully saturated rings. The number of carbonyl (C=O) groups is 1. The number of guanidine groups is 1. The van der Waals surface area contributed by atoms with Crippen LogP contribution in [0.3, 0.4) is 0 Å². The standard InChI is InChI=1S/C15H29N7O2.HI/c1-14(2,3)24-13(23)21-15(4,5)9-18-12(16-6)17-8-11-19-10-20-22(11)7;/h10H,8-9H2,1-7H3,(H,21,23)(H2,16,17,18);1H. The zero-order chi connectivity index (χ0) is 18.4. The maximum Gasteiger partial charge on any atom is 0.408 e. The Kier molecular flexibility index (Phi) is 9.16. The highest BCUT2D eigenvalue weighted by Crippen LogP contribution is 2.09. The Hall–Kier alpha value is -1.59. The van der Waals surface area contributed by atoms with E-state index in [0.29, 0.717) is 19.0 Å². The first-order valence-corrected chi connectivity index (χ1v) is 7.81. The van der Waals surface area contributed by atoms with Gasteiger partial charge in [-0.15, -0.1) is 24.0 Å². The van der Waals surface area contributed by atoms with Gasteiger partial charge in [-0.25, -0.2) is 9.78 Å². The second-order valence-corrected chi connectivity index (χ2v) is 7.09. The van der Waals surface area contributed by atoms with Crippen LogP contribution in [-0.4, -0.2) is 51.5 Å². The second-order valence-electron chi connectivity index (χ2n) is 7.09. The zero-order valence-electron chi connectivity index (χ0n) is 16.0. The number of hydrogen-bond acceptors (Lipinski definition) is 5. The third kappa shape index (κ3) is 9.46. The third-order valence-electron chi connectivity index (χ3n) is 2.98. The van der Waals surface area contributed by atoms with Gasteiger partial charge in [0.15, 0.2) is 5.96 Å². The lowest BCUT2D eigenvalue weighted by Crippen LogP contribution is -2.54. The summed E-state index contributed by atoms with van der Waals surface area (Å²) in [4.78, 5) is 20.2. The molecule has 144 valence electrons. The van der Waals surface area contributed by atoms with Crippen molar-refractivity contribution in [1.82, 2.24) is 30.7 Å². The molecule has 25 heavy (non-hydrogen) atoms. The van der Waals surface area contributed by atoms with Crippen molar-refractivity contribution in [3.8, 4) is 0 Å². The molecule has 0 atom stereocenters. The monoisotopic (exact) mass is 467 g/mol. The van der Waals surface area contributed by atoms with Crippen LogP contribution in [0.25, 0.3) is 0 Å². The Bertz CT molecular complexity index is 579. The summed E-state index contributed by atoms with van der Waals surface area (Å²) in [6, 6.07) is 0. The van der Waals surface area contributed by atoms with Crippen molar-refractivity contribution in [3.63, 3.8) is 0 Å². The minimum atomic E-state index is -0.527. The van der Waals surface area contributed by atoms with Crippen molar-refractivity contribution < 1.29 is 9.53 Å². The minimum absolute atomic E-state index is 0. The summed E-state index contributed by atoms with van der Waals surface area (Å²) in [5, 5.41) is 13.2. The van der Waals surface area contributed by atoms with Gasteiger partial charge < -0.3 is 20.7 Å². The fourth-order valence-electron chi connectivity index (χ4n) is 1.79. The molecule has 1 rings (SSSR count). The summed E-state index contributed by atoms with van der Waals surface area (Å²) >= 11 is 0. The van der Waals surface area contributed by atoms with Crippen molar-refractivity contribution in [2.24, 2.45) is 12.0 Å². The topological polar surface area (TPSA) is 105 Å². The average molecular weight is 467 g/mol. The molecule has 0 aliphatic carbocycles. The number of nitrogens with one attached hydrogen (secondary N) is 3. The van der Waals surface area contributed by atoms with E-state index in [1.54, 1.807) is 11.7 Å². The molecule has 1 aromatic rings. The maximum atomic E-state index is 11.9. The number of aryl methyl sites for hydroxylation is 1. The van der Waals surface area contributed by atoms with Gasteiger partial charge in [-0.2, -0.15) is 5.10 Å². The van der Waals surface area contributed by atoms with E-state index in [9.17, 15) is 4.79 Å². The normalized spacial score (nSPS) is 12.2. The molecule has 0 radical (unpaired) electrons. The summed E-state index contributed by atoms with van der Waals surface area (Å²) < 4.78 is 6.96. The van der Waals surface area contributed by atoms with Gasteiger partial charge in [0, 0.05) is 20.6 Å². The van der Waals surface area contributed by atoms with Gasteiger partial charge in [-0.3, -0.25) is 9.67 Å². The van der Waals surface area contributed by atoms with Crippen LogP contribution in [-0.2, 0) is 18.3 Å². The molecule has 1 heterocycles. The highest BCUT2D eigenvalue weighted by atomic mass is 127. The molecule has 9 nitrogen and oxygen atoms in total. The molecule has 0 unspecified atom stereocenters. The first-order chi connectivity index (χ1) is 11.0. The lowest BCUT2D eigenvalue weighted by molar-refractivity contribution is 0.0474. The number of aliphatic imine (C=N–C) groups is 1. The number of hydrogen-bond donors (Lipinski definition) is 3. The number of nitrogens with zero attached hydrogens (tertiary/aromatic N) is 4. The Balaban J connectivity index is 0.00000576. The van der Waals surface area contributed by atoms with Gasteiger partial charge in [-0.05, 0) is 34.6 Å². The van der Waals surface area contributed by atoms with Crippen molar-refractivity contribution in [1.29, 1.82) is 0 Å². The van der Waals surface area contributed by atoms with Crippen LogP contribution in [0, 0.1) is 0 Å². The summed E-state index contributed by atoms with van der Waals surface area (Å²) in [6.07, 6.45) is 1.05. The number of halogens is 1. The molecule has 1 aromatic heterocycles. The molecular weight excluding hydrogens is 437 g/mol. The minimum Gasteiger partial charge on any atom is -0.444 e. The van der Waals surface area contributed by atoms with Gasteiger partial charge in [0.1, 0.15) is 17.8 Å². The Morgan fingerprint density at radius 1 is 1.28 bits per heavy atom. The van der Waals surface area contributed by atoms with Gasteiger partial charge in [-0.1, -0.05) is 0 Å². The van der Waals surface area contributed by atoms with Gasteiger partial charge >= 0.3 is 6.09 Å². The van der Waals surface area contributed by atoms with E-state index >= 15 is 0 Å². The fourth-order valence-corrected chi connectivity index (χ4v) is 1.79. The molecule has 0 aliphatic heterocycles. The van der Waals surface area contributed by atoms with Crippen molar-refractivity contribution in [3.05, 3.63) is 12.2 Å². The average Bonchev–Trinajstić information content (AvgIpc) is 2.81. The predicted octanol–water partition coefficient (Wildman–Crippen LogP) is 1.40. The number of aromatic nitrogens is 3. The van der Waals surface area contributed by atoms with E-state index in [1.165, 1.54) is 6.33 Å². The number of rotatable bonds is 5. The van der Waals surface area contributed by atoms with Crippen molar-refractivity contribution >= 4 is 36.0 Å². The van der Waals surface area contributed by atoms with E-state index in [4.69, 9.17) is 4.74 Å². The molecule has 0 spiro atoms. The quantitative estimate of drug-likeness (QED) is 0.344. The maximum absolute atomic E-state index is 11.9. The molecule has 0 aliphatic rings. The molecule has 10 heteroatoms. The first-order valence-electron chi connectivity index (χ1n) is 7.81. The van der Waals surface area contributed by atoms with Crippen LogP contribution in [0.4, 0.5) is 4.79 Å². The largest absolute Gasteiger partial charge is 0.444 e. The molecule has 3 N–H and O–H groups in total. The van der Waals surface area contributed by atoms with Crippen LogP contribution in [0.1, 0.15) is 40.4 Å². The van der Waals surface area contributed by atoms with E-state index in [0.717, 1.165) is 5.82 Å².